The summed E-state index contributed by atoms with van der Waals surface area (Å²) < 4.78 is 14.0. The third-order valence-corrected chi connectivity index (χ3v) is 10.8. The highest BCUT2D eigenvalue weighted by Crippen LogP contribution is 2.45. The third kappa shape index (κ3) is 3.56. The summed E-state index contributed by atoms with van der Waals surface area (Å²) in [6.07, 6.45) is 6.09. The van der Waals surface area contributed by atoms with Gasteiger partial charge >= 0.3 is 0 Å². The van der Waals surface area contributed by atoms with Crippen molar-refractivity contribution in [1.82, 2.24) is 9.13 Å². The zero-order valence-corrected chi connectivity index (χ0v) is 26.5. The number of hydrogen-bond donors (Lipinski definition) is 0. The van der Waals surface area contributed by atoms with Gasteiger partial charge in [-0.25, -0.2) is 0 Å². The van der Waals surface area contributed by atoms with Gasteiger partial charge in [0.05, 0.1) is 33.3 Å². The quantitative estimate of drug-likeness (QED) is 0.180. The van der Waals surface area contributed by atoms with Gasteiger partial charge in [0.2, 0.25) is 0 Å². The zero-order chi connectivity index (χ0) is 31.2. The molecule has 4 heterocycles. The fraction of sp³-hybridized carbons (Fsp3) is 0.0233. The maximum absolute atomic E-state index is 6.40. The SMILES string of the molecule is C=C/C=C\c1c(C)n(-c2cccc3oc4ccccc4c23)c2c1ccc1c3ccccc3n(-c3cccc4sc5ccccc5c34)c12. The lowest BCUT2D eigenvalue weighted by molar-refractivity contribution is 0.669. The molecule has 4 heteroatoms. The van der Waals surface area contributed by atoms with Crippen LogP contribution in [0.15, 0.2) is 144 Å². The molecule has 10 rings (SSSR count). The van der Waals surface area contributed by atoms with Crippen LogP contribution in [0.4, 0.5) is 0 Å². The van der Waals surface area contributed by atoms with Gasteiger partial charge < -0.3 is 13.6 Å². The van der Waals surface area contributed by atoms with Crippen LogP contribution in [-0.2, 0) is 0 Å². The van der Waals surface area contributed by atoms with E-state index in [2.05, 4.69) is 144 Å². The van der Waals surface area contributed by atoms with Crippen LogP contribution in [0.25, 0.3) is 92.3 Å². The van der Waals surface area contributed by atoms with Crippen LogP contribution in [0.2, 0.25) is 0 Å². The summed E-state index contributed by atoms with van der Waals surface area (Å²) in [7, 11) is 0. The van der Waals surface area contributed by atoms with Crippen molar-refractivity contribution in [3.05, 3.63) is 151 Å². The molecule has 6 aromatic carbocycles. The summed E-state index contributed by atoms with van der Waals surface area (Å²) in [5.74, 6) is 0. The molecule has 0 spiro atoms. The highest BCUT2D eigenvalue weighted by molar-refractivity contribution is 7.25. The van der Waals surface area contributed by atoms with Gasteiger partial charge in [-0.3, -0.25) is 0 Å². The van der Waals surface area contributed by atoms with E-state index in [9.17, 15) is 0 Å². The first-order chi connectivity index (χ1) is 23.2. The molecule has 0 unspecified atom stereocenters. The van der Waals surface area contributed by atoms with E-state index in [1.807, 2.05) is 29.6 Å². The summed E-state index contributed by atoms with van der Waals surface area (Å²) in [6, 6.07) is 43.7. The van der Waals surface area contributed by atoms with E-state index >= 15 is 0 Å². The van der Waals surface area contributed by atoms with Crippen LogP contribution in [-0.4, -0.2) is 9.13 Å². The molecule has 0 aliphatic rings. The van der Waals surface area contributed by atoms with Crippen molar-refractivity contribution in [3.63, 3.8) is 0 Å². The number of para-hydroxylation sites is 2. The lowest BCUT2D eigenvalue weighted by Crippen LogP contribution is -2.01. The second kappa shape index (κ2) is 9.83. The number of hydrogen-bond acceptors (Lipinski definition) is 2. The third-order valence-electron chi connectivity index (χ3n) is 9.69. The summed E-state index contributed by atoms with van der Waals surface area (Å²) in [6.45, 7) is 6.22. The molecule has 222 valence electrons. The number of benzene rings is 6. The van der Waals surface area contributed by atoms with Crippen molar-refractivity contribution in [1.29, 1.82) is 0 Å². The minimum absolute atomic E-state index is 0.885. The van der Waals surface area contributed by atoms with Gasteiger partial charge in [0.15, 0.2) is 0 Å². The molecule has 0 saturated carbocycles. The minimum atomic E-state index is 0.885. The van der Waals surface area contributed by atoms with E-state index in [1.165, 1.54) is 69.8 Å². The predicted molar refractivity (Wildman–Crippen MR) is 202 cm³/mol. The first-order valence-corrected chi connectivity index (χ1v) is 16.7. The second-order valence-electron chi connectivity index (χ2n) is 12.1. The fourth-order valence-electron chi connectivity index (χ4n) is 7.78. The first kappa shape index (κ1) is 26.4. The fourth-order valence-corrected chi connectivity index (χ4v) is 8.90. The van der Waals surface area contributed by atoms with Crippen LogP contribution in [0, 0.1) is 6.92 Å². The van der Waals surface area contributed by atoms with Gasteiger partial charge in [-0.05, 0) is 49.4 Å². The predicted octanol–water partition coefficient (Wildman–Crippen LogP) is 12.5. The van der Waals surface area contributed by atoms with Crippen LogP contribution >= 0.6 is 11.3 Å². The molecule has 0 atom stereocenters. The van der Waals surface area contributed by atoms with Gasteiger partial charge in [0.1, 0.15) is 11.2 Å². The van der Waals surface area contributed by atoms with Gasteiger partial charge in [-0.1, -0.05) is 104 Å². The molecule has 0 bridgehead atoms. The van der Waals surface area contributed by atoms with Crippen LogP contribution < -0.4 is 0 Å². The molecule has 47 heavy (non-hydrogen) atoms. The van der Waals surface area contributed by atoms with Crippen molar-refractivity contribution < 1.29 is 4.42 Å². The van der Waals surface area contributed by atoms with Gasteiger partial charge in [0.25, 0.3) is 0 Å². The van der Waals surface area contributed by atoms with Crippen LogP contribution in [0.5, 0.6) is 0 Å². The number of allylic oxidation sites excluding steroid dienone is 2. The normalized spacial score (nSPS) is 12.4. The van der Waals surface area contributed by atoms with Crippen molar-refractivity contribution >= 4 is 92.2 Å². The summed E-state index contributed by atoms with van der Waals surface area (Å²) in [5, 5.41) is 8.48. The van der Waals surface area contributed by atoms with E-state index in [1.54, 1.807) is 0 Å². The number of rotatable bonds is 4. The standard InChI is InChI=1S/C43H28N2OS/c1-3-4-13-27-26(2)44(34-18-11-21-37-40(34)31-15-6-9-20-36(31)46-37)42-29(27)24-25-30-28-14-5-8-17-33(28)45(43(30)42)35-19-12-23-39-41(35)32-16-7-10-22-38(32)47-39/h3-25H,1H2,2H3/b13-4-. The van der Waals surface area contributed by atoms with E-state index < -0.39 is 0 Å². The molecule has 0 amide bonds. The van der Waals surface area contributed by atoms with Gasteiger partial charge in [0, 0.05) is 53.0 Å². The van der Waals surface area contributed by atoms with E-state index in [0.29, 0.717) is 0 Å². The van der Waals surface area contributed by atoms with Crippen molar-refractivity contribution in [2.45, 2.75) is 6.92 Å². The first-order valence-electron chi connectivity index (χ1n) is 15.9. The molecule has 0 saturated heterocycles. The molecule has 3 nitrogen and oxygen atoms in total. The highest BCUT2D eigenvalue weighted by atomic mass is 32.1. The number of nitrogens with zero attached hydrogens (tertiary/aromatic N) is 2. The Balaban J connectivity index is 1.46. The summed E-state index contributed by atoms with van der Waals surface area (Å²) >= 11 is 1.86. The average molecular weight is 621 g/mol. The largest absolute Gasteiger partial charge is 0.456 e. The van der Waals surface area contributed by atoms with Crippen LogP contribution in [0.3, 0.4) is 0 Å². The molecule has 0 radical (unpaired) electrons. The molecular weight excluding hydrogens is 593 g/mol. The smallest absolute Gasteiger partial charge is 0.137 e. The van der Waals surface area contributed by atoms with E-state index in [4.69, 9.17) is 4.42 Å². The molecule has 0 aliphatic carbocycles. The van der Waals surface area contributed by atoms with E-state index in [0.717, 1.165) is 27.6 Å². The maximum Gasteiger partial charge on any atom is 0.137 e. The molecule has 0 N–H and O–H groups in total. The lowest BCUT2D eigenvalue weighted by atomic mass is 10.1. The minimum Gasteiger partial charge on any atom is -0.456 e. The average Bonchev–Trinajstić information content (AvgIpc) is 3.84. The highest BCUT2D eigenvalue weighted by Gasteiger charge is 2.25. The zero-order valence-electron chi connectivity index (χ0n) is 25.7. The van der Waals surface area contributed by atoms with Crippen molar-refractivity contribution in [2.24, 2.45) is 0 Å². The Morgan fingerprint density at radius 2 is 1.23 bits per heavy atom. The Labute approximate surface area is 274 Å². The monoisotopic (exact) mass is 620 g/mol. The Kier molecular flexibility index (Phi) is 5.52. The Morgan fingerprint density at radius 1 is 0.574 bits per heavy atom. The Bertz CT molecular complexity index is 2940. The van der Waals surface area contributed by atoms with E-state index in [-0.39, 0.29) is 0 Å². The Morgan fingerprint density at radius 3 is 2.11 bits per heavy atom. The van der Waals surface area contributed by atoms with Gasteiger partial charge in [-0.2, -0.15) is 0 Å². The Hall–Kier alpha value is -5.84. The number of thiophene rings is 1. The lowest BCUT2D eigenvalue weighted by Gasteiger charge is -2.15. The molecular formula is C43H28N2OS. The number of aromatic nitrogens is 2. The molecule has 10 aromatic rings. The van der Waals surface area contributed by atoms with Crippen molar-refractivity contribution in [2.75, 3.05) is 0 Å². The second-order valence-corrected chi connectivity index (χ2v) is 13.2. The maximum atomic E-state index is 6.40. The molecule has 0 fully saturated rings. The molecule has 0 aliphatic heterocycles. The number of fused-ring (bicyclic) bond motifs is 11. The topological polar surface area (TPSA) is 23.0 Å². The summed E-state index contributed by atoms with van der Waals surface area (Å²) in [5.41, 5.74) is 9.99. The van der Waals surface area contributed by atoms with Crippen LogP contribution in [0.1, 0.15) is 11.3 Å². The summed E-state index contributed by atoms with van der Waals surface area (Å²) in [4.78, 5) is 0. The van der Waals surface area contributed by atoms with Crippen molar-refractivity contribution in [3.8, 4) is 11.4 Å². The van der Waals surface area contributed by atoms with Gasteiger partial charge in [-0.15, -0.1) is 11.3 Å². The molecule has 4 aromatic heterocycles. The number of furan rings is 1.